The van der Waals surface area contributed by atoms with E-state index in [1.165, 1.54) is 18.3 Å². The molecule has 76 valence electrons. The second kappa shape index (κ2) is 4.68. The van der Waals surface area contributed by atoms with Crippen LogP contribution in [0.25, 0.3) is 0 Å². The van der Waals surface area contributed by atoms with Gasteiger partial charge in [0, 0.05) is 12.3 Å². The molecule has 1 heterocycles. The van der Waals surface area contributed by atoms with Crippen molar-refractivity contribution >= 4 is 23.2 Å². The Labute approximate surface area is 84.0 Å². The van der Waals surface area contributed by atoms with E-state index in [9.17, 15) is 4.79 Å². The van der Waals surface area contributed by atoms with Crippen LogP contribution in [0.1, 0.15) is 18.7 Å². The van der Waals surface area contributed by atoms with Gasteiger partial charge >= 0.3 is 5.97 Å². The van der Waals surface area contributed by atoms with Crippen LogP contribution >= 0.6 is 11.3 Å². The molecule has 14 heavy (non-hydrogen) atoms. The van der Waals surface area contributed by atoms with Gasteiger partial charge in [-0.2, -0.15) is 0 Å². The van der Waals surface area contributed by atoms with Gasteiger partial charge in [0.15, 0.2) is 0 Å². The molecule has 0 aromatic carbocycles. The number of nitrogens with two attached hydrogens (primary N) is 1. The highest BCUT2D eigenvalue weighted by Gasteiger charge is 2.19. The Hall–Kier alpha value is -1.47. The number of hydrogen-bond donors (Lipinski definition) is 2. The second-order valence-corrected chi connectivity index (χ2v) is 3.14. The van der Waals surface area contributed by atoms with Crippen LogP contribution in [-0.2, 0) is 9.53 Å². The lowest BCUT2D eigenvalue weighted by Gasteiger charge is -2.09. The number of carbonyl (C=O) groups is 1. The molecule has 0 spiro atoms. The summed E-state index contributed by atoms with van der Waals surface area (Å²) in [5.41, 5.74) is 7.69. The molecule has 1 aromatic rings. The molecule has 1 unspecified atom stereocenters. The summed E-state index contributed by atoms with van der Waals surface area (Å²) in [7, 11) is 0. The molecular weight excluding hydrogens is 206 g/mol. The van der Waals surface area contributed by atoms with Crippen molar-refractivity contribution in [3.05, 3.63) is 16.6 Å². The smallest absolute Gasteiger partial charge is 0.309 e. The van der Waals surface area contributed by atoms with Crippen molar-refractivity contribution in [2.75, 3.05) is 0 Å². The molecule has 6 nitrogen and oxygen atoms in total. The molecule has 0 fully saturated rings. The molecule has 0 aliphatic rings. The molecular formula is C7H9N3O3S. The number of ether oxygens (including phenoxy) is 1. The molecule has 0 saturated heterocycles. The third-order valence-corrected chi connectivity index (χ3v) is 1.99. The maximum absolute atomic E-state index is 10.6. The van der Waals surface area contributed by atoms with Crippen molar-refractivity contribution in [2.24, 2.45) is 10.9 Å². The average Bonchev–Trinajstić information content (AvgIpc) is 2.65. The van der Waals surface area contributed by atoms with Gasteiger partial charge in [0.05, 0.1) is 11.2 Å². The maximum atomic E-state index is 10.6. The molecule has 1 aromatic heterocycles. The minimum Gasteiger partial charge on any atom is -0.408 e. The summed E-state index contributed by atoms with van der Waals surface area (Å²) in [5, 5.41) is 13.0. The Kier molecular flexibility index (Phi) is 3.55. The molecule has 0 radical (unpaired) electrons. The van der Waals surface area contributed by atoms with Gasteiger partial charge < -0.3 is 15.7 Å². The Morgan fingerprint density at radius 2 is 2.57 bits per heavy atom. The Bertz CT molecular complexity index is 336. The summed E-state index contributed by atoms with van der Waals surface area (Å²) < 4.78 is 4.59. The standard InChI is InChI=1S/C7H9N3O3S/c1-4(11)13-7(10-12)6(8)5-2-14-3-9-5/h2-3,6,12H,8H2,1H3. The minimum atomic E-state index is -0.824. The minimum absolute atomic E-state index is 0.261. The van der Waals surface area contributed by atoms with E-state index in [1.54, 1.807) is 10.9 Å². The van der Waals surface area contributed by atoms with Gasteiger partial charge in [0.2, 0.25) is 0 Å². The lowest BCUT2D eigenvalue weighted by Crippen LogP contribution is -2.25. The average molecular weight is 215 g/mol. The topological polar surface area (TPSA) is 97.8 Å². The summed E-state index contributed by atoms with van der Waals surface area (Å²) in [4.78, 5) is 14.5. The van der Waals surface area contributed by atoms with Gasteiger partial charge in [0.1, 0.15) is 6.04 Å². The fourth-order valence-electron chi connectivity index (χ4n) is 0.795. The number of hydrogen-bond acceptors (Lipinski definition) is 7. The van der Waals surface area contributed by atoms with Crippen molar-refractivity contribution in [3.8, 4) is 0 Å². The highest BCUT2D eigenvalue weighted by Crippen LogP contribution is 2.12. The predicted molar refractivity (Wildman–Crippen MR) is 50.0 cm³/mol. The number of thiazole rings is 1. The number of aromatic nitrogens is 1. The van der Waals surface area contributed by atoms with E-state index in [2.05, 4.69) is 14.9 Å². The highest BCUT2D eigenvalue weighted by atomic mass is 32.1. The third-order valence-electron chi connectivity index (χ3n) is 1.38. The number of carbonyl (C=O) groups excluding carboxylic acids is 1. The number of esters is 1. The van der Waals surface area contributed by atoms with Crippen LogP contribution in [0.4, 0.5) is 0 Å². The van der Waals surface area contributed by atoms with Crippen molar-refractivity contribution < 1.29 is 14.7 Å². The summed E-state index contributed by atoms with van der Waals surface area (Å²) in [6, 6.07) is -0.824. The molecule has 7 heteroatoms. The van der Waals surface area contributed by atoms with Crippen LogP contribution in [-0.4, -0.2) is 22.1 Å². The fraction of sp³-hybridized carbons (Fsp3) is 0.286. The summed E-state index contributed by atoms with van der Waals surface area (Å²) in [6.45, 7) is 1.19. The zero-order valence-electron chi connectivity index (χ0n) is 7.38. The zero-order chi connectivity index (χ0) is 10.6. The Morgan fingerprint density at radius 1 is 1.86 bits per heavy atom. The summed E-state index contributed by atoms with van der Waals surface area (Å²) >= 11 is 1.35. The number of nitrogens with zero attached hydrogens (tertiary/aromatic N) is 2. The first-order chi connectivity index (χ1) is 6.65. The molecule has 0 bridgehead atoms. The predicted octanol–water partition coefficient (Wildman–Crippen LogP) is 0.494. The van der Waals surface area contributed by atoms with E-state index < -0.39 is 12.0 Å². The number of oxime groups is 1. The first-order valence-electron chi connectivity index (χ1n) is 3.69. The summed E-state index contributed by atoms with van der Waals surface area (Å²) in [5.74, 6) is -0.855. The third kappa shape index (κ3) is 2.51. The van der Waals surface area contributed by atoms with Gasteiger partial charge in [-0.3, -0.25) is 4.79 Å². The number of rotatable bonds is 2. The first kappa shape index (κ1) is 10.6. The highest BCUT2D eigenvalue weighted by molar-refractivity contribution is 7.07. The van der Waals surface area contributed by atoms with Gasteiger partial charge in [-0.25, -0.2) is 4.98 Å². The second-order valence-electron chi connectivity index (χ2n) is 2.42. The lowest BCUT2D eigenvalue weighted by molar-refractivity contribution is -0.133. The van der Waals surface area contributed by atoms with Crippen molar-refractivity contribution in [2.45, 2.75) is 13.0 Å². The van der Waals surface area contributed by atoms with E-state index in [0.29, 0.717) is 5.69 Å². The SMILES string of the molecule is CC(=O)OC(=NO)C(N)c1cscn1. The van der Waals surface area contributed by atoms with E-state index >= 15 is 0 Å². The Morgan fingerprint density at radius 3 is 3.00 bits per heavy atom. The van der Waals surface area contributed by atoms with Crippen LogP contribution in [0.15, 0.2) is 16.0 Å². The Balaban J connectivity index is 2.76. The maximum Gasteiger partial charge on any atom is 0.309 e. The van der Waals surface area contributed by atoms with Crippen molar-refractivity contribution in [3.63, 3.8) is 0 Å². The fourth-order valence-corrected chi connectivity index (χ4v) is 1.39. The molecule has 0 saturated carbocycles. The van der Waals surface area contributed by atoms with Crippen molar-refractivity contribution in [1.29, 1.82) is 0 Å². The molecule has 3 N–H and O–H groups in total. The van der Waals surface area contributed by atoms with Crippen LogP contribution < -0.4 is 5.73 Å². The zero-order valence-corrected chi connectivity index (χ0v) is 8.19. The first-order valence-corrected chi connectivity index (χ1v) is 4.63. The van der Waals surface area contributed by atoms with Crippen molar-refractivity contribution in [1.82, 2.24) is 4.98 Å². The van der Waals surface area contributed by atoms with E-state index in [1.807, 2.05) is 0 Å². The largest absolute Gasteiger partial charge is 0.408 e. The van der Waals surface area contributed by atoms with E-state index in [0.717, 1.165) is 0 Å². The van der Waals surface area contributed by atoms with E-state index in [4.69, 9.17) is 10.9 Å². The molecule has 1 rings (SSSR count). The molecule has 0 amide bonds. The van der Waals surface area contributed by atoms with Gasteiger partial charge in [-0.05, 0) is 0 Å². The lowest BCUT2D eigenvalue weighted by atomic mass is 10.2. The van der Waals surface area contributed by atoms with Gasteiger partial charge in [0.25, 0.3) is 5.90 Å². The van der Waals surface area contributed by atoms with Crippen LogP contribution in [0.5, 0.6) is 0 Å². The van der Waals surface area contributed by atoms with Crippen LogP contribution in [0.2, 0.25) is 0 Å². The van der Waals surface area contributed by atoms with E-state index in [-0.39, 0.29) is 5.90 Å². The molecule has 0 aliphatic carbocycles. The van der Waals surface area contributed by atoms with Gasteiger partial charge in [-0.1, -0.05) is 5.16 Å². The molecule has 0 aliphatic heterocycles. The summed E-state index contributed by atoms with van der Waals surface area (Å²) in [6.07, 6.45) is 0. The monoisotopic (exact) mass is 215 g/mol. The quantitative estimate of drug-likeness (QED) is 0.246. The van der Waals surface area contributed by atoms with Gasteiger partial charge in [-0.15, -0.1) is 11.3 Å². The van der Waals surface area contributed by atoms with Crippen LogP contribution in [0, 0.1) is 0 Å². The normalized spacial score (nSPS) is 13.7. The molecule has 1 atom stereocenters. The van der Waals surface area contributed by atoms with Crippen LogP contribution in [0.3, 0.4) is 0 Å².